The van der Waals surface area contributed by atoms with Crippen LogP contribution in [0.4, 0.5) is 4.39 Å². The standard InChI is InChI=1S/C23H27FN2O/c1-22(2,3)15-21-25-23(19-11-12-19,27-26(21)4)18-9-5-16(6-10-18)17-7-13-20(24)14-8-17/h5-10,13-14,19H,11-12,15H2,1-4H3. The van der Waals surface area contributed by atoms with E-state index < -0.39 is 5.72 Å². The summed E-state index contributed by atoms with van der Waals surface area (Å²) in [7, 11) is 1.96. The topological polar surface area (TPSA) is 24.8 Å². The van der Waals surface area contributed by atoms with Gasteiger partial charge in [-0.25, -0.2) is 19.3 Å². The lowest BCUT2D eigenvalue weighted by Crippen LogP contribution is -2.31. The van der Waals surface area contributed by atoms with Gasteiger partial charge in [0.2, 0.25) is 5.72 Å². The number of hydrogen-bond donors (Lipinski definition) is 0. The number of benzene rings is 2. The van der Waals surface area contributed by atoms with Crippen molar-refractivity contribution < 1.29 is 9.23 Å². The van der Waals surface area contributed by atoms with Gasteiger partial charge in [-0.3, -0.25) is 0 Å². The molecule has 0 bridgehead atoms. The third-order valence-electron chi connectivity index (χ3n) is 5.23. The monoisotopic (exact) mass is 366 g/mol. The summed E-state index contributed by atoms with van der Waals surface area (Å²) in [6.45, 7) is 6.66. The van der Waals surface area contributed by atoms with Crippen molar-refractivity contribution in [2.75, 3.05) is 7.05 Å². The van der Waals surface area contributed by atoms with Crippen LogP contribution in [0.2, 0.25) is 0 Å². The zero-order chi connectivity index (χ0) is 19.2. The van der Waals surface area contributed by atoms with Crippen molar-refractivity contribution in [1.29, 1.82) is 0 Å². The number of hydroxylamine groups is 2. The summed E-state index contributed by atoms with van der Waals surface area (Å²) < 4.78 is 13.2. The minimum absolute atomic E-state index is 0.155. The van der Waals surface area contributed by atoms with Crippen molar-refractivity contribution in [1.82, 2.24) is 5.06 Å². The van der Waals surface area contributed by atoms with E-state index in [-0.39, 0.29) is 11.2 Å². The maximum Gasteiger partial charge on any atom is 0.215 e. The first-order valence-corrected chi connectivity index (χ1v) is 9.65. The van der Waals surface area contributed by atoms with Gasteiger partial charge in [-0.2, -0.15) is 0 Å². The molecule has 1 atom stereocenters. The lowest BCUT2D eigenvalue weighted by atomic mass is 9.91. The number of amidine groups is 1. The third-order valence-corrected chi connectivity index (χ3v) is 5.23. The van der Waals surface area contributed by atoms with Gasteiger partial charge in [-0.1, -0.05) is 57.2 Å². The summed E-state index contributed by atoms with van der Waals surface area (Å²) in [6, 6.07) is 15.0. The summed E-state index contributed by atoms with van der Waals surface area (Å²) in [5, 5.41) is 1.86. The van der Waals surface area contributed by atoms with Crippen molar-refractivity contribution >= 4 is 5.84 Å². The molecule has 1 fully saturated rings. The molecule has 0 amide bonds. The molecule has 4 rings (SSSR count). The van der Waals surface area contributed by atoms with Gasteiger partial charge in [0.25, 0.3) is 0 Å². The summed E-state index contributed by atoms with van der Waals surface area (Å²) in [5.74, 6) is 1.22. The summed E-state index contributed by atoms with van der Waals surface area (Å²) >= 11 is 0. The predicted molar refractivity (Wildman–Crippen MR) is 107 cm³/mol. The van der Waals surface area contributed by atoms with Crippen LogP contribution in [0.1, 0.15) is 45.6 Å². The Kier molecular flexibility index (Phi) is 4.34. The van der Waals surface area contributed by atoms with Crippen molar-refractivity contribution in [3.63, 3.8) is 0 Å². The van der Waals surface area contributed by atoms with Crippen LogP contribution >= 0.6 is 0 Å². The van der Waals surface area contributed by atoms with Gasteiger partial charge < -0.3 is 0 Å². The lowest BCUT2D eigenvalue weighted by Gasteiger charge is -2.27. The Labute approximate surface area is 160 Å². The van der Waals surface area contributed by atoms with E-state index in [2.05, 4.69) is 45.0 Å². The quantitative estimate of drug-likeness (QED) is 0.686. The molecule has 27 heavy (non-hydrogen) atoms. The minimum Gasteiger partial charge on any atom is -0.240 e. The summed E-state index contributed by atoms with van der Waals surface area (Å²) in [4.78, 5) is 11.5. The van der Waals surface area contributed by atoms with Crippen LogP contribution in [-0.4, -0.2) is 17.9 Å². The van der Waals surface area contributed by atoms with Gasteiger partial charge in [0.05, 0.1) is 0 Å². The van der Waals surface area contributed by atoms with Crippen molar-refractivity contribution in [2.24, 2.45) is 16.3 Å². The smallest absolute Gasteiger partial charge is 0.215 e. The number of nitrogens with zero attached hydrogens (tertiary/aromatic N) is 2. The van der Waals surface area contributed by atoms with Gasteiger partial charge >= 0.3 is 0 Å². The maximum atomic E-state index is 13.2. The highest BCUT2D eigenvalue weighted by molar-refractivity contribution is 5.83. The Morgan fingerprint density at radius 3 is 2.11 bits per heavy atom. The molecule has 0 aromatic heterocycles. The van der Waals surface area contributed by atoms with Crippen molar-refractivity contribution in [2.45, 2.75) is 45.8 Å². The summed E-state index contributed by atoms with van der Waals surface area (Å²) in [6.07, 6.45) is 3.16. The van der Waals surface area contributed by atoms with E-state index in [0.717, 1.165) is 41.8 Å². The largest absolute Gasteiger partial charge is 0.240 e. The van der Waals surface area contributed by atoms with E-state index in [1.54, 1.807) is 12.1 Å². The van der Waals surface area contributed by atoms with E-state index in [1.807, 2.05) is 12.1 Å². The first-order chi connectivity index (χ1) is 12.8. The zero-order valence-electron chi connectivity index (χ0n) is 16.5. The zero-order valence-corrected chi connectivity index (χ0v) is 16.5. The molecule has 0 spiro atoms. The minimum atomic E-state index is -0.601. The molecule has 2 aromatic rings. The molecule has 0 saturated heterocycles. The molecule has 1 heterocycles. The Hall–Kier alpha value is -2.20. The maximum absolute atomic E-state index is 13.2. The SMILES string of the molecule is CN1OC(c2ccc(-c3ccc(F)cc3)cc2)(C2CC2)N=C1CC(C)(C)C. The van der Waals surface area contributed by atoms with Crippen molar-refractivity contribution in [3.05, 3.63) is 59.9 Å². The number of halogens is 1. The first kappa shape index (κ1) is 18.2. The normalized spacial score (nSPS) is 22.9. The van der Waals surface area contributed by atoms with Crippen LogP contribution in [-0.2, 0) is 10.6 Å². The second-order valence-corrected chi connectivity index (χ2v) is 8.91. The Bertz CT molecular complexity index is 847. The molecule has 3 nitrogen and oxygen atoms in total. The molecule has 2 aromatic carbocycles. The van der Waals surface area contributed by atoms with E-state index in [0.29, 0.717) is 5.92 Å². The van der Waals surface area contributed by atoms with Crippen LogP contribution in [0, 0.1) is 17.2 Å². The second kappa shape index (κ2) is 6.45. The molecular formula is C23H27FN2O. The Morgan fingerprint density at radius 2 is 1.59 bits per heavy atom. The second-order valence-electron chi connectivity index (χ2n) is 8.91. The first-order valence-electron chi connectivity index (χ1n) is 9.65. The molecule has 1 aliphatic carbocycles. The van der Waals surface area contributed by atoms with Crippen LogP contribution < -0.4 is 0 Å². The van der Waals surface area contributed by atoms with Crippen LogP contribution in [0.5, 0.6) is 0 Å². The average molecular weight is 366 g/mol. The molecule has 2 aliphatic rings. The molecule has 1 aliphatic heterocycles. The van der Waals surface area contributed by atoms with Crippen LogP contribution in [0.3, 0.4) is 0 Å². The number of rotatable bonds is 4. The molecule has 1 unspecified atom stereocenters. The van der Waals surface area contributed by atoms with Gasteiger partial charge in [0.15, 0.2) is 0 Å². The van der Waals surface area contributed by atoms with Crippen LogP contribution in [0.15, 0.2) is 53.5 Å². The predicted octanol–water partition coefficient (Wildman–Crippen LogP) is 5.77. The molecule has 1 saturated carbocycles. The number of aliphatic imine (C=N–C) groups is 1. The molecule has 0 N–H and O–H groups in total. The van der Waals surface area contributed by atoms with E-state index >= 15 is 0 Å². The fourth-order valence-corrected chi connectivity index (χ4v) is 3.71. The fourth-order valence-electron chi connectivity index (χ4n) is 3.71. The molecule has 142 valence electrons. The highest BCUT2D eigenvalue weighted by Gasteiger charge is 2.53. The lowest BCUT2D eigenvalue weighted by molar-refractivity contribution is -0.183. The Morgan fingerprint density at radius 1 is 1.04 bits per heavy atom. The van der Waals surface area contributed by atoms with Crippen molar-refractivity contribution in [3.8, 4) is 11.1 Å². The van der Waals surface area contributed by atoms with Gasteiger partial charge in [0.1, 0.15) is 11.7 Å². The van der Waals surface area contributed by atoms with Gasteiger partial charge in [-0.15, -0.1) is 0 Å². The highest BCUT2D eigenvalue weighted by Crippen LogP contribution is 2.52. The Balaban J connectivity index is 1.66. The molecule has 0 radical (unpaired) electrons. The van der Waals surface area contributed by atoms with Crippen LogP contribution in [0.25, 0.3) is 11.1 Å². The van der Waals surface area contributed by atoms with Gasteiger partial charge in [-0.05, 0) is 41.5 Å². The van der Waals surface area contributed by atoms with E-state index in [1.165, 1.54) is 12.1 Å². The molecular weight excluding hydrogens is 339 g/mol. The molecule has 4 heteroatoms. The summed E-state index contributed by atoms with van der Waals surface area (Å²) in [5.41, 5.74) is 2.71. The van der Waals surface area contributed by atoms with Gasteiger partial charge in [0, 0.05) is 24.9 Å². The number of hydrogen-bond acceptors (Lipinski definition) is 3. The fraction of sp³-hybridized carbons (Fsp3) is 0.435. The highest BCUT2D eigenvalue weighted by atomic mass is 19.1. The third kappa shape index (κ3) is 3.63. The van der Waals surface area contributed by atoms with E-state index in [9.17, 15) is 4.39 Å². The van der Waals surface area contributed by atoms with E-state index in [4.69, 9.17) is 9.83 Å². The average Bonchev–Trinajstić information content (AvgIpc) is 3.41.